The van der Waals surface area contributed by atoms with Crippen LogP contribution in [0.1, 0.15) is 40.2 Å². The van der Waals surface area contributed by atoms with E-state index in [0.29, 0.717) is 5.75 Å². The molecule has 4 N–H and O–H groups in total. The number of quaternary nitrogens is 1. The fraction of sp³-hybridized carbons (Fsp3) is 0.308. The Balaban J connectivity index is 1.52. The van der Waals surface area contributed by atoms with Crippen LogP contribution in [-0.2, 0) is 21.4 Å². The molecule has 2 aromatic carbocycles. The summed E-state index contributed by atoms with van der Waals surface area (Å²) in [6.45, 7) is 4.50. The zero-order valence-corrected chi connectivity index (χ0v) is 21.7. The van der Waals surface area contributed by atoms with E-state index in [1.54, 1.807) is 6.07 Å². The number of rotatable bonds is 6. The van der Waals surface area contributed by atoms with Gasteiger partial charge < -0.3 is 9.84 Å². The number of sulfonamides is 1. The molecule has 0 spiro atoms. The summed E-state index contributed by atoms with van der Waals surface area (Å²) < 4.78 is 33.9. The second kappa shape index (κ2) is 9.75. The van der Waals surface area contributed by atoms with E-state index in [1.165, 1.54) is 16.7 Å². The van der Waals surface area contributed by atoms with Crippen LogP contribution in [0.3, 0.4) is 0 Å². The van der Waals surface area contributed by atoms with Crippen LogP contribution in [0, 0.1) is 13.8 Å². The van der Waals surface area contributed by atoms with E-state index in [9.17, 15) is 18.3 Å². The number of hydrazine groups is 1. The van der Waals surface area contributed by atoms with E-state index < -0.39 is 21.9 Å². The fourth-order valence-corrected chi connectivity index (χ4v) is 6.50. The number of benzene rings is 2. The molecule has 3 heterocycles. The molecule has 0 saturated carbocycles. The summed E-state index contributed by atoms with van der Waals surface area (Å²) in [6.07, 6.45) is 2.74. The highest BCUT2D eigenvalue weighted by atomic mass is 32.2. The fourth-order valence-electron chi connectivity index (χ4n) is 5.03. The number of anilines is 1. The molecule has 10 nitrogen and oxygen atoms in total. The summed E-state index contributed by atoms with van der Waals surface area (Å²) in [4.78, 5) is 16.0. The van der Waals surface area contributed by atoms with Gasteiger partial charge in [0, 0.05) is 37.8 Å². The minimum Gasteiger partial charge on any atom is -0.491 e. The summed E-state index contributed by atoms with van der Waals surface area (Å²) >= 11 is 0. The number of nitrogens with zero attached hydrogens (tertiary/aromatic N) is 3. The van der Waals surface area contributed by atoms with Crippen molar-refractivity contribution in [1.82, 2.24) is 14.8 Å². The molecule has 0 fully saturated rings. The van der Waals surface area contributed by atoms with Crippen LogP contribution < -0.4 is 20.7 Å². The normalized spacial score (nSPS) is 17.4. The number of carboxylic acids is 1. The molecule has 0 bridgehead atoms. The summed E-state index contributed by atoms with van der Waals surface area (Å²) in [5.74, 6) is -0.994. The molecule has 11 heteroatoms. The van der Waals surface area contributed by atoms with Gasteiger partial charge in [-0.05, 0) is 48.2 Å². The molecule has 37 heavy (non-hydrogen) atoms. The summed E-state index contributed by atoms with van der Waals surface area (Å²) in [7, 11) is -1.89. The second-order valence-corrected chi connectivity index (χ2v) is 11.3. The molecule has 1 unspecified atom stereocenters. The predicted octanol–water partition coefficient (Wildman–Crippen LogP) is 1.95. The molecule has 1 atom stereocenters. The molecule has 0 aliphatic carbocycles. The molecular formula is C26H30N5O5S+. The van der Waals surface area contributed by atoms with Gasteiger partial charge in [-0.3, -0.25) is 14.8 Å². The monoisotopic (exact) mass is 524 g/mol. The molecule has 194 valence electrons. The topological polar surface area (TPSA) is 129 Å². The van der Waals surface area contributed by atoms with Crippen molar-refractivity contribution in [2.45, 2.75) is 37.6 Å². The highest BCUT2D eigenvalue weighted by molar-refractivity contribution is 7.89. The van der Waals surface area contributed by atoms with Crippen molar-refractivity contribution in [3.63, 3.8) is 0 Å². The predicted molar refractivity (Wildman–Crippen MR) is 137 cm³/mol. The van der Waals surface area contributed by atoms with Gasteiger partial charge in [0.15, 0.2) is 5.69 Å². The first kappa shape index (κ1) is 25.2. The molecular weight excluding hydrogens is 494 g/mol. The third-order valence-corrected chi connectivity index (χ3v) is 8.99. The van der Waals surface area contributed by atoms with Crippen molar-refractivity contribution in [1.29, 1.82) is 0 Å². The first-order chi connectivity index (χ1) is 17.7. The van der Waals surface area contributed by atoms with Gasteiger partial charge in [0.25, 0.3) is 0 Å². The Hall–Kier alpha value is -3.51. The first-order valence-electron chi connectivity index (χ1n) is 12.0. The van der Waals surface area contributed by atoms with Gasteiger partial charge in [0.05, 0.1) is 12.6 Å². The van der Waals surface area contributed by atoms with E-state index >= 15 is 0 Å². The van der Waals surface area contributed by atoms with Crippen molar-refractivity contribution in [3.8, 4) is 5.75 Å². The molecule has 1 aromatic heterocycles. The minimum absolute atomic E-state index is 0.0497. The van der Waals surface area contributed by atoms with E-state index in [4.69, 9.17) is 4.74 Å². The third kappa shape index (κ3) is 4.66. The maximum absolute atomic E-state index is 13.4. The molecule has 5 rings (SSSR count). The van der Waals surface area contributed by atoms with Crippen molar-refractivity contribution in [3.05, 3.63) is 76.6 Å². The Kier molecular flexibility index (Phi) is 6.63. The van der Waals surface area contributed by atoms with E-state index in [2.05, 4.69) is 10.5 Å². The number of hydrogen-bond donors (Lipinski definition) is 3. The van der Waals surface area contributed by atoms with Gasteiger partial charge in [0.2, 0.25) is 10.0 Å². The Labute approximate surface area is 215 Å². The molecule has 0 amide bonds. The number of carboxylic acid groups (broad SMARTS) is 1. The quantitative estimate of drug-likeness (QED) is 0.330. The van der Waals surface area contributed by atoms with Gasteiger partial charge in [-0.15, -0.1) is 0 Å². The van der Waals surface area contributed by atoms with E-state index in [0.717, 1.165) is 39.2 Å². The standard InChI is InChI=1S/C26H29N5O5S/c1-16-4-5-18(21(13-25(32)33)20-6-7-22-26(17(20)2)28-29-30(22)3)12-19(16)15-31-10-11-36-23-8-9-27-14-24(23)37(31,34)35/h4-9,12,14,21,28-29H,10-11,13,15H2,1-3H3,(H,32,33)/p+1. The summed E-state index contributed by atoms with van der Waals surface area (Å²) in [5.41, 5.74) is 11.7. The lowest BCUT2D eigenvalue weighted by Crippen LogP contribution is -2.87. The number of pyridine rings is 1. The number of fused-ring (bicyclic) bond motifs is 2. The Bertz CT molecular complexity index is 1480. The lowest BCUT2D eigenvalue weighted by atomic mass is 9.84. The number of carbonyl (C=O) groups is 1. The zero-order chi connectivity index (χ0) is 26.3. The maximum atomic E-state index is 13.4. The lowest BCUT2D eigenvalue weighted by Gasteiger charge is -2.23. The number of aryl methyl sites for hydroxylation is 1. The van der Waals surface area contributed by atoms with Gasteiger partial charge in [-0.25, -0.2) is 13.8 Å². The Morgan fingerprint density at radius 2 is 2.05 bits per heavy atom. The van der Waals surface area contributed by atoms with E-state index in [-0.39, 0.29) is 31.0 Å². The smallest absolute Gasteiger partial charge is 0.304 e. The Morgan fingerprint density at radius 3 is 2.84 bits per heavy atom. The first-order valence-corrected chi connectivity index (χ1v) is 13.5. The number of nitrogens with two attached hydrogens (primary N) is 1. The Morgan fingerprint density at radius 1 is 1.24 bits per heavy atom. The van der Waals surface area contributed by atoms with Crippen LogP contribution in [0.25, 0.3) is 0 Å². The highest BCUT2D eigenvalue weighted by Crippen LogP contribution is 2.38. The average Bonchev–Trinajstić information content (AvgIpc) is 3.19. The minimum atomic E-state index is -3.82. The maximum Gasteiger partial charge on any atom is 0.304 e. The molecule has 0 radical (unpaired) electrons. The van der Waals surface area contributed by atoms with Crippen molar-refractivity contribution in [2.24, 2.45) is 0 Å². The number of nitrogens with one attached hydrogen (secondary N) is 1. The third-order valence-electron chi connectivity index (χ3n) is 7.14. The van der Waals surface area contributed by atoms with Crippen LogP contribution >= 0.6 is 0 Å². The molecule has 2 aliphatic heterocycles. The molecule has 2 aliphatic rings. The van der Waals surface area contributed by atoms with Gasteiger partial charge in [0.1, 0.15) is 22.9 Å². The van der Waals surface area contributed by atoms with Crippen molar-refractivity contribution >= 4 is 27.4 Å². The molecule has 3 aromatic rings. The van der Waals surface area contributed by atoms with Crippen LogP contribution in [-0.4, -0.2) is 49.0 Å². The average molecular weight is 525 g/mol. The zero-order valence-electron chi connectivity index (χ0n) is 20.9. The van der Waals surface area contributed by atoms with E-state index in [1.807, 2.05) is 61.7 Å². The summed E-state index contributed by atoms with van der Waals surface area (Å²) in [5, 5.41) is 11.7. The number of aromatic nitrogens is 1. The number of aliphatic carboxylic acids is 1. The second-order valence-electron chi connectivity index (χ2n) is 9.39. The van der Waals surface area contributed by atoms with Crippen molar-refractivity contribution in [2.75, 3.05) is 25.2 Å². The summed E-state index contributed by atoms with van der Waals surface area (Å²) in [6, 6.07) is 11.3. The largest absolute Gasteiger partial charge is 0.491 e. The van der Waals surface area contributed by atoms with Crippen LogP contribution in [0.2, 0.25) is 0 Å². The molecule has 0 saturated heterocycles. The SMILES string of the molecule is Cc1ccc(C(CC(=O)O)c2ccc3c(c2C)[NH2+]NN3C)cc1CN1CCOc2ccncc2S1(=O)=O. The van der Waals surface area contributed by atoms with Crippen LogP contribution in [0.4, 0.5) is 11.4 Å². The highest BCUT2D eigenvalue weighted by Gasteiger charge is 2.32. The van der Waals surface area contributed by atoms with Gasteiger partial charge in [-0.2, -0.15) is 4.31 Å². The number of hydrogen-bond acceptors (Lipinski definition) is 7. The van der Waals surface area contributed by atoms with Crippen molar-refractivity contribution < 1.29 is 28.5 Å². The lowest BCUT2D eigenvalue weighted by molar-refractivity contribution is -0.625. The van der Waals surface area contributed by atoms with Gasteiger partial charge in [-0.1, -0.05) is 29.8 Å². The van der Waals surface area contributed by atoms with Crippen LogP contribution in [0.5, 0.6) is 5.75 Å². The number of ether oxygens (including phenoxy) is 1. The van der Waals surface area contributed by atoms with Gasteiger partial charge >= 0.3 is 5.97 Å². The van der Waals surface area contributed by atoms with Crippen LogP contribution in [0.15, 0.2) is 53.7 Å².